The molecule has 3 heterocycles. The van der Waals surface area contributed by atoms with Gasteiger partial charge in [0.1, 0.15) is 5.01 Å². The van der Waals surface area contributed by atoms with Crippen LogP contribution in [-0.2, 0) is 4.74 Å². The van der Waals surface area contributed by atoms with Gasteiger partial charge in [-0.15, -0.1) is 11.3 Å². The lowest BCUT2D eigenvalue weighted by Gasteiger charge is -2.21. The maximum absolute atomic E-state index is 5.44. The molecule has 0 bridgehead atoms. The third-order valence-electron chi connectivity index (χ3n) is 2.70. The molecule has 0 saturated carbocycles. The molecule has 0 aromatic carbocycles. The number of thiazole rings is 1. The van der Waals surface area contributed by atoms with E-state index in [0.717, 1.165) is 29.4 Å². The molecule has 0 aliphatic carbocycles. The summed E-state index contributed by atoms with van der Waals surface area (Å²) in [6, 6.07) is 4.19. The molecule has 1 aliphatic heterocycles. The van der Waals surface area contributed by atoms with Crippen LogP contribution in [0.25, 0.3) is 11.3 Å². The Labute approximate surface area is 104 Å². The van der Waals surface area contributed by atoms with Crippen molar-refractivity contribution < 1.29 is 4.74 Å². The second kappa shape index (κ2) is 4.91. The van der Waals surface area contributed by atoms with Crippen LogP contribution in [-0.4, -0.2) is 29.7 Å². The highest BCUT2D eigenvalue weighted by atomic mass is 32.1. The third kappa shape index (κ3) is 2.36. The summed E-state index contributed by atoms with van der Waals surface area (Å²) in [6.45, 7) is 2.39. The molecule has 5 heteroatoms. The van der Waals surface area contributed by atoms with Gasteiger partial charge in [-0.2, -0.15) is 0 Å². The molecule has 1 atom stereocenters. The van der Waals surface area contributed by atoms with E-state index in [0.29, 0.717) is 6.61 Å². The maximum Gasteiger partial charge on any atom is 0.113 e. The van der Waals surface area contributed by atoms with Crippen molar-refractivity contribution in [2.75, 3.05) is 19.8 Å². The van der Waals surface area contributed by atoms with Gasteiger partial charge in [0, 0.05) is 29.9 Å². The van der Waals surface area contributed by atoms with Crippen LogP contribution in [0.15, 0.2) is 29.9 Å². The van der Waals surface area contributed by atoms with Crippen LogP contribution < -0.4 is 5.32 Å². The van der Waals surface area contributed by atoms with E-state index in [2.05, 4.69) is 20.7 Å². The fourth-order valence-electron chi connectivity index (χ4n) is 1.82. The van der Waals surface area contributed by atoms with Gasteiger partial charge in [-0.3, -0.25) is 4.98 Å². The summed E-state index contributed by atoms with van der Waals surface area (Å²) < 4.78 is 5.44. The fourth-order valence-corrected chi connectivity index (χ4v) is 2.71. The van der Waals surface area contributed by atoms with Gasteiger partial charge in [0.05, 0.1) is 24.9 Å². The van der Waals surface area contributed by atoms with E-state index in [-0.39, 0.29) is 6.04 Å². The molecule has 1 aliphatic rings. The molecule has 1 N–H and O–H groups in total. The van der Waals surface area contributed by atoms with E-state index in [1.54, 1.807) is 17.5 Å². The Morgan fingerprint density at radius 2 is 2.47 bits per heavy atom. The Bertz CT molecular complexity index is 480. The summed E-state index contributed by atoms with van der Waals surface area (Å²) in [5.41, 5.74) is 2.05. The first kappa shape index (κ1) is 10.8. The zero-order chi connectivity index (χ0) is 11.5. The van der Waals surface area contributed by atoms with E-state index in [1.165, 1.54) is 0 Å². The van der Waals surface area contributed by atoms with Crippen LogP contribution in [0, 0.1) is 0 Å². The highest BCUT2D eigenvalue weighted by Gasteiger charge is 2.18. The molecule has 2 aromatic rings. The zero-order valence-electron chi connectivity index (χ0n) is 9.30. The number of aromatic nitrogens is 2. The second-order valence-electron chi connectivity index (χ2n) is 3.89. The van der Waals surface area contributed by atoms with E-state index >= 15 is 0 Å². The summed E-state index contributed by atoms with van der Waals surface area (Å²) in [5, 5.41) is 6.57. The molecule has 4 nitrogen and oxygen atoms in total. The molecule has 1 fully saturated rings. The number of ether oxygens (including phenoxy) is 1. The van der Waals surface area contributed by atoms with Gasteiger partial charge < -0.3 is 10.1 Å². The predicted octanol–water partition coefficient (Wildman–Crippen LogP) is 1.87. The highest BCUT2D eigenvalue weighted by Crippen LogP contribution is 2.25. The predicted molar refractivity (Wildman–Crippen MR) is 66.9 cm³/mol. The van der Waals surface area contributed by atoms with Crippen LogP contribution in [0.3, 0.4) is 0 Å². The standard InChI is InChI=1S/C12H13N3OS/c1-2-9(6-13-3-1)11-8-17-12(15-11)10-7-16-5-4-14-10/h1-3,6,8,10,14H,4-5,7H2. The summed E-state index contributed by atoms with van der Waals surface area (Å²) in [7, 11) is 0. The number of morpholine rings is 1. The fraction of sp³-hybridized carbons (Fsp3) is 0.333. The van der Waals surface area contributed by atoms with Gasteiger partial charge in [0.25, 0.3) is 0 Å². The molecule has 2 aromatic heterocycles. The quantitative estimate of drug-likeness (QED) is 0.880. The first-order valence-electron chi connectivity index (χ1n) is 5.60. The highest BCUT2D eigenvalue weighted by molar-refractivity contribution is 7.10. The van der Waals surface area contributed by atoms with Crippen molar-refractivity contribution in [2.45, 2.75) is 6.04 Å². The molecule has 0 amide bonds. The number of nitrogens with zero attached hydrogens (tertiary/aromatic N) is 2. The molecular weight excluding hydrogens is 234 g/mol. The molecule has 88 valence electrons. The van der Waals surface area contributed by atoms with Gasteiger partial charge in [0.2, 0.25) is 0 Å². The van der Waals surface area contributed by atoms with Crippen molar-refractivity contribution in [3.8, 4) is 11.3 Å². The van der Waals surface area contributed by atoms with Crippen molar-refractivity contribution in [1.82, 2.24) is 15.3 Å². The summed E-state index contributed by atoms with van der Waals surface area (Å²) in [6.07, 6.45) is 3.61. The van der Waals surface area contributed by atoms with Crippen LogP contribution in [0.5, 0.6) is 0 Å². The minimum Gasteiger partial charge on any atom is -0.378 e. The van der Waals surface area contributed by atoms with Gasteiger partial charge in [-0.1, -0.05) is 0 Å². The van der Waals surface area contributed by atoms with Crippen molar-refractivity contribution >= 4 is 11.3 Å². The van der Waals surface area contributed by atoms with Crippen LogP contribution >= 0.6 is 11.3 Å². The van der Waals surface area contributed by atoms with Gasteiger partial charge in [0.15, 0.2) is 0 Å². The van der Waals surface area contributed by atoms with Gasteiger partial charge >= 0.3 is 0 Å². The third-order valence-corrected chi connectivity index (χ3v) is 3.66. The number of hydrogen-bond donors (Lipinski definition) is 1. The van der Waals surface area contributed by atoms with Crippen molar-refractivity contribution in [3.63, 3.8) is 0 Å². The topological polar surface area (TPSA) is 47.0 Å². The lowest BCUT2D eigenvalue weighted by atomic mass is 10.2. The Morgan fingerprint density at radius 3 is 3.24 bits per heavy atom. The minimum absolute atomic E-state index is 0.235. The Kier molecular flexibility index (Phi) is 3.13. The number of hydrogen-bond acceptors (Lipinski definition) is 5. The largest absolute Gasteiger partial charge is 0.378 e. The Morgan fingerprint density at radius 1 is 1.47 bits per heavy atom. The molecule has 17 heavy (non-hydrogen) atoms. The molecule has 3 rings (SSSR count). The molecule has 1 saturated heterocycles. The van der Waals surface area contributed by atoms with E-state index in [9.17, 15) is 0 Å². The maximum atomic E-state index is 5.44. The van der Waals surface area contributed by atoms with Crippen LogP contribution in [0.2, 0.25) is 0 Å². The van der Waals surface area contributed by atoms with Crippen LogP contribution in [0.4, 0.5) is 0 Å². The minimum atomic E-state index is 0.235. The molecule has 1 unspecified atom stereocenters. The first-order valence-corrected chi connectivity index (χ1v) is 6.48. The molecular formula is C12H13N3OS. The monoisotopic (exact) mass is 247 g/mol. The van der Waals surface area contributed by atoms with E-state index < -0.39 is 0 Å². The Hall–Kier alpha value is -1.30. The average Bonchev–Trinajstić information content (AvgIpc) is 2.90. The zero-order valence-corrected chi connectivity index (χ0v) is 10.1. The Balaban J connectivity index is 1.83. The number of nitrogens with one attached hydrogen (secondary N) is 1. The van der Waals surface area contributed by atoms with E-state index in [4.69, 9.17) is 4.74 Å². The number of pyridine rings is 1. The number of rotatable bonds is 2. The SMILES string of the molecule is c1cncc(-c2csc(C3COCCN3)n2)c1. The van der Waals surface area contributed by atoms with Crippen molar-refractivity contribution in [3.05, 3.63) is 34.9 Å². The van der Waals surface area contributed by atoms with Crippen molar-refractivity contribution in [1.29, 1.82) is 0 Å². The summed E-state index contributed by atoms with van der Waals surface area (Å²) in [4.78, 5) is 8.75. The average molecular weight is 247 g/mol. The normalized spacial score (nSPS) is 20.4. The molecule has 0 spiro atoms. The van der Waals surface area contributed by atoms with E-state index in [1.807, 2.05) is 18.3 Å². The lowest BCUT2D eigenvalue weighted by Crippen LogP contribution is -2.34. The summed E-state index contributed by atoms with van der Waals surface area (Å²) in [5.74, 6) is 0. The van der Waals surface area contributed by atoms with Gasteiger partial charge in [-0.05, 0) is 12.1 Å². The summed E-state index contributed by atoms with van der Waals surface area (Å²) >= 11 is 1.67. The van der Waals surface area contributed by atoms with Crippen molar-refractivity contribution in [2.24, 2.45) is 0 Å². The molecule has 0 radical (unpaired) electrons. The van der Waals surface area contributed by atoms with Gasteiger partial charge in [-0.25, -0.2) is 4.98 Å². The lowest BCUT2D eigenvalue weighted by molar-refractivity contribution is 0.0768. The second-order valence-corrected chi connectivity index (χ2v) is 4.78. The van der Waals surface area contributed by atoms with Crippen LogP contribution in [0.1, 0.15) is 11.0 Å². The first-order chi connectivity index (χ1) is 8.43. The smallest absolute Gasteiger partial charge is 0.113 e.